The van der Waals surface area contributed by atoms with Crippen LogP contribution >= 0.6 is 12.4 Å². The topological polar surface area (TPSA) is 41.6 Å². The number of nitrogens with zero attached hydrogens (tertiary/aromatic N) is 1. The predicted octanol–water partition coefficient (Wildman–Crippen LogP) is 2.01. The van der Waals surface area contributed by atoms with Gasteiger partial charge in [0.25, 0.3) is 0 Å². The Morgan fingerprint density at radius 3 is 2.90 bits per heavy atom. The molecule has 0 aliphatic carbocycles. The SMILES string of the molecule is COc1ccc(CCC(=O)N2CCNC[C@H]2C)cc1F.Cl. The van der Waals surface area contributed by atoms with Crippen LogP contribution in [0, 0.1) is 5.82 Å². The van der Waals surface area contributed by atoms with Crippen LogP contribution in [0.5, 0.6) is 5.75 Å². The van der Waals surface area contributed by atoms with Crippen LogP contribution in [0.2, 0.25) is 0 Å². The van der Waals surface area contributed by atoms with Gasteiger partial charge in [-0.2, -0.15) is 0 Å². The number of piperazine rings is 1. The number of halogens is 2. The third kappa shape index (κ3) is 4.58. The van der Waals surface area contributed by atoms with Gasteiger partial charge >= 0.3 is 0 Å². The van der Waals surface area contributed by atoms with Gasteiger partial charge in [0.1, 0.15) is 0 Å². The molecule has 1 aliphatic heterocycles. The minimum absolute atomic E-state index is 0. The summed E-state index contributed by atoms with van der Waals surface area (Å²) in [4.78, 5) is 14.1. The molecule has 1 aliphatic rings. The average molecular weight is 317 g/mol. The zero-order chi connectivity index (χ0) is 14.5. The summed E-state index contributed by atoms with van der Waals surface area (Å²) >= 11 is 0. The van der Waals surface area contributed by atoms with Crippen molar-refractivity contribution in [1.29, 1.82) is 0 Å². The number of amides is 1. The Kier molecular flexibility index (Phi) is 6.92. The monoisotopic (exact) mass is 316 g/mol. The number of rotatable bonds is 4. The van der Waals surface area contributed by atoms with Crippen LogP contribution in [0.25, 0.3) is 0 Å². The Bertz CT molecular complexity index is 485. The molecule has 1 fully saturated rings. The fraction of sp³-hybridized carbons (Fsp3) is 0.533. The van der Waals surface area contributed by atoms with Crippen molar-refractivity contribution in [2.75, 3.05) is 26.7 Å². The summed E-state index contributed by atoms with van der Waals surface area (Å²) in [7, 11) is 1.44. The number of ether oxygens (including phenoxy) is 1. The van der Waals surface area contributed by atoms with Crippen molar-refractivity contribution in [3.63, 3.8) is 0 Å². The fourth-order valence-electron chi connectivity index (χ4n) is 2.47. The van der Waals surface area contributed by atoms with Crippen LogP contribution in [0.3, 0.4) is 0 Å². The van der Waals surface area contributed by atoms with E-state index in [1.807, 2.05) is 11.8 Å². The number of nitrogens with one attached hydrogen (secondary N) is 1. The van der Waals surface area contributed by atoms with Crippen molar-refractivity contribution >= 4 is 18.3 Å². The van der Waals surface area contributed by atoms with Gasteiger partial charge in [0, 0.05) is 32.1 Å². The van der Waals surface area contributed by atoms with Crippen LogP contribution in [0.15, 0.2) is 18.2 Å². The number of methoxy groups -OCH3 is 1. The number of carbonyl (C=O) groups is 1. The van der Waals surface area contributed by atoms with Crippen molar-refractivity contribution in [2.24, 2.45) is 0 Å². The molecule has 0 unspecified atom stereocenters. The smallest absolute Gasteiger partial charge is 0.223 e. The summed E-state index contributed by atoms with van der Waals surface area (Å²) in [5.41, 5.74) is 0.819. The Balaban J connectivity index is 0.00000220. The van der Waals surface area contributed by atoms with Crippen molar-refractivity contribution in [2.45, 2.75) is 25.8 Å². The summed E-state index contributed by atoms with van der Waals surface area (Å²) in [6.07, 6.45) is 0.965. The molecule has 118 valence electrons. The molecule has 1 atom stereocenters. The first-order chi connectivity index (χ1) is 9.61. The van der Waals surface area contributed by atoms with Gasteiger partial charge in [-0.25, -0.2) is 4.39 Å². The highest BCUT2D eigenvalue weighted by atomic mass is 35.5. The van der Waals surface area contributed by atoms with Crippen LogP contribution in [-0.2, 0) is 11.2 Å². The lowest BCUT2D eigenvalue weighted by Crippen LogP contribution is -2.52. The molecular formula is C15H22ClFN2O2. The third-order valence-electron chi connectivity index (χ3n) is 3.67. The van der Waals surface area contributed by atoms with E-state index in [4.69, 9.17) is 4.74 Å². The molecule has 0 radical (unpaired) electrons. The average Bonchev–Trinajstić information content (AvgIpc) is 2.45. The first kappa shape index (κ1) is 17.7. The summed E-state index contributed by atoms with van der Waals surface area (Å²) in [6, 6.07) is 5.07. The maximum absolute atomic E-state index is 13.6. The van der Waals surface area contributed by atoms with Gasteiger partial charge in [-0.15, -0.1) is 12.4 Å². The highest BCUT2D eigenvalue weighted by Crippen LogP contribution is 2.19. The van der Waals surface area contributed by atoms with E-state index in [9.17, 15) is 9.18 Å². The molecular weight excluding hydrogens is 295 g/mol. The van der Waals surface area contributed by atoms with E-state index in [2.05, 4.69) is 5.32 Å². The first-order valence-corrected chi connectivity index (χ1v) is 6.94. The molecule has 2 rings (SSSR count). The summed E-state index contributed by atoms with van der Waals surface area (Å²) in [5, 5.41) is 3.26. The number of carbonyl (C=O) groups excluding carboxylic acids is 1. The predicted molar refractivity (Wildman–Crippen MR) is 82.6 cm³/mol. The Hall–Kier alpha value is -1.33. The van der Waals surface area contributed by atoms with Crippen molar-refractivity contribution in [3.8, 4) is 5.75 Å². The summed E-state index contributed by atoms with van der Waals surface area (Å²) in [5.74, 6) is -0.0148. The number of benzene rings is 1. The molecule has 0 aromatic heterocycles. The van der Waals surface area contributed by atoms with E-state index in [-0.39, 0.29) is 35.9 Å². The Morgan fingerprint density at radius 2 is 2.29 bits per heavy atom. The van der Waals surface area contributed by atoms with Crippen molar-refractivity contribution in [3.05, 3.63) is 29.6 Å². The lowest BCUT2D eigenvalue weighted by atomic mass is 10.1. The molecule has 6 heteroatoms. The van der Waals surface area contributed by atoms with E-state index in [0.29, 0.717) is 12.8 Å². The molecule has 0 bridgehead atoms. The first-order valence-electron chi connectivity index (χ1n) is 6.94. The van der Waals surface area contributed by atoms with Gasteiger partial charge in [0.05, 0.1) is 7.11 Å². The molecule has 1 amide bonds. The normalized spacial score (nSPS) is 18.0. The van der Waals surface area contributed by atoms with Crippen LogP contribution in [0.1, 0.15) is 18.9 Å². The van der Waals surface area contributed by atoms with Crippen LogP contribution < -0.4 is 10.1 Å². The minimum Gasteiger partial charge on any atom is -0.494 e. The summed E-state index contributed by atoms with van der Waals surface area (Å²) < 4.78 is 18.4. The standard InChI is InChI=1S/C15H21FN2O2.ClH/c1-11-10-17-7-8-18(11)15(19)6-4-12-3-5-14(20-2)13(16)9-12;/h3,5,9,11,17H,4,6-8,10H2,1-2H3;1H/t11-;/m1./s1. The molecule has 1 aromatic carbocycles. The van der Waals surface area contributed by atoms with Gasteiger partial charge in [0.2, 0.25) is 5.91 Å². The second-order valence-electron chi connectivity index (χ2n) is 5.11. The van der Waals surface area contributed by atoms with Gasteiger partial charge < -0.3 is 15.0 Å². The minimum atomic E-state index is -0.381. The van der Waals surface area contributed by atoms with Gasteiger partial charge in [-0.3, -0.25) is 4.79 Å². The molecule has 1 aromatic rings. The Morgan fingerprint density at radius 1 is 1.52 bits per heavy atom. The number of hydrogen-bond acceptors (Lipinski definition) is 3. The lowest BCUT2D eigenvalue weighted by Gasteiger charge is -2.34. The number of aryl methyl sites for hydroxylation is 1. The largest absolute Gasteiger partial charge is 0.494 e. The van der Waals surface area contributed by atoms with Gasteiger partial charge in [0.15, 0.2) is 11.6 Å². The quantitative estimate of drug-likeness (QED) is 0.924. The maximum atomic E-state index is 13.6. The van der Waals surface area contributed by atoms with E-state index in [1.165, 1.54) is 13.2 Å². The molecule has 4 nitrogen and oxygen atoms in total. The Labute approximate surface area is 131 Å². The zero-order valence-electron chi connectivity index (χ0n) is 12.4. The van der Waals surface area contributed by atoms with E-state index >= 15 is 0 Å². The fourth-order valence-corrected chi connectivity index (χ4v) is 2.47. The zero-order valence-corrected chi connectivity index (χ0v) is 13.2. The highest BCUT2D eigenvalue weighted by molar-refractivity contribution is 5.85. The highest BCUT2D eigenvalue weighted by Gasteiger charge is 2.22. The van der Waals surface area contributed by atoms with E-state index < -0.39 is 0 Å². The van der Waals surface area contributed by atoms with Crippen LogP contribution in [0.4, 0.5) is 4.39 Å². The van der Waals surface area contributed by atoms with E-state index in [0.717, 1.165) is 25.2 Å². The van der Waals surface area contributed by atoms with Crippen molar-refractivity contribution < 1.29 is 13.9 Å². The summed E-state index contributed by atoms with van der Waals surface area (Å²) in [6.45, 7) is 4.46. The number of hydrogen-bond donors (Lipinski definition) is 1. The van der Waals surface area contributed by atoms with Crippen molar-refractivity contribution in [1.82, 2.24) is 10.2 Å². The molecule has 0 spiro atoms. The molecule has 1 heterocycles. The molecule has 1 N–H and O–H groups in total. The second kappa shape index (κ2) is 8.20. The third-order valence-corrected chi connectivity index (χ3v) is 3.67. The molecule has 0 saturated carbocycles. The maximum Gasteiger partial charge on any atom is 0.223 e. The second-order valence-corrected chi connectivity index (χ2v) is 5.11. The van der Waals surface area contributed by atoms with Gasteiger partial charge in [-0.1, -0.05) is 6.07 Å². The van der Waals surface area contributed by atoms with Gasteiger partial charge in [-0.05, 0) is 31.0 Å². The van der Waals surface area contributed by atoms with E-state index in [1.54, 1.807) is 12.1 Å². The molecule has 1 saturated heterocycles. The molecule has 21 heavy (non-hydrogen) atoms. The van der Waals surface area contributed by atoms with Crippen LogP contribution in [-0.4, -0.2) is 43.6 Å². The lowest BCUT2D eigenvalue weighted by molar-refractivity contribution is -0.133.